The van der Waals surface area contributed by atoms with Gasteiger partial charge < -0.3 is 15.2 Å². The van der Waals surface area contributed by atoms with Crippen LogP contribution in [0.15, 0.2) is 36.4 Å². The van der Waals surface area contributed by atoms with E-state index in [1.807, 2.05) is 18.2 Å². The van der Waals surface area contributed by atoms with Crippen LogP contribution in [0.3, 0.4) is 0 Å². The van der Waals surface area contributed by atoms with E-state index < -0.39 is 23.4 Å². The van der Waals surface area contributed by atoms with Gasteiger partial charge in [0, 0.05) is 18.7 Å². The number of ether oxygens (including phenoxy) is 1. The summed E-state index contributed by atoms with van der Waals surface area (Å²) in [7, 11) is 0. The van der Waals surface area contributed by atoms with Crippen molar-refractivity contribution in [1.82, 2.24) is 0 Å². The van der Waals surface area contributed by atoms with Crippen molar-refractivity contribution < 1.29 is 23.4 Å². The molecule has 2 aromatic carbocycles. The highest BCUT2D eigenvalue weighted by Crippen LogP contribution is 2.30. The van der Waals surface area contributed by atoms with Crippen LogP contribution in [0.2, 0.25) is 0 Å². The van der Waals surface area contributed by atoms with Crippen molar-refractivity contribution in [1.29, 1.82) is 0 Å². The zero-order chi connectivity index (χ0) is 18.2. The van der Waals surface area contributed by atoms with Crippen molar-refractivity contribution >= 4 is 11.7 Å². The molecule has 0 radical (unpaired) electrons. The molecule has 0 unspecified atom stereocenters. The van der Waals surface area contributed by atoms with Crippen molar-refractivity contribution in [2.45, 2.75) is 26.2 Å². The highest BCUT2D eigenvalue weighted by atomic mass is 19.1. The molecular weight excluding hydrogens is 328 g/mol. The summed E-state index contributed by atoms with van der Waals surface area (Å²) < 4.78 is 33.4. The fourth-order valence-electron chi connectivity index (χ4n) is 2.34. The highest BCUT2D eigenvalue weighted by molar-refractivity contribution is 5.69. The molecular formula is C19H21F2NO3. The van der Waals surface area contributed by atoms with Crippen LogP contribution in [0.5, 0.6) is 5.75 Å². The molecule has 0 saturated heterocycles. The summed E-state index contributed by atoms with van der Waals surface area (Å²) in [4.78, 5) is 10.4. The van der Waals surface area contributed by atoms with Crippen LogP contribution in [-0.2, 0) is 4.79 Å². The molecule has 0 amide bonds. The van der Waals surface area contributed by atoms with Crippen LogP contribution in [0.4, 0.5) is 14.5 Å². The quantitative estimate of drug-likeness (QED) is 0.645. The van der Waals surface area contributed by atoms with E-state index in [4.69, 9.17) is 9.84 Å². The van der Waals surface area contributed by atoms with Crippen LogP contribution in [0.25, 0.3) is 11.1 Å². The fourth-order valence-corrected chi connectivity index (χ4v) is 2.34. The van der Waals surface area contributed by atoms with Gasteiger partial charge in [-0.2, -0.15) is 0 Å². The van der Waals surface area contributed by atoms with Gasteiger partial charge in [-0.1, -0.05) is 19.1 Å². The second kappa shape index (κ2) is 9.01. The molecule has 25 heavy (non-hydrogen) atoms. The Kier molecular flexibility index (Phi) is 6.74. The Morgan fingerprint density at radius 1 is 1.16 bits per heavy atom. The van der Waals surface area contributed by atoms with Crippen molar-refractivity contribution in [2.75, 3.05) is 18.5 Å². The predicted octanol–water partition coefficient (Wildman–Crippen LogP) is 4.70. The van der Waals surface area contributed by atoms with Gasteiger partial charge in [0.25, 0.3) is 0 Å². The number of benzene rings is 2. The number of anilines is 1. The van der Waals surface area contributed by atoms with Gasteiger partial charge in [0.2, 0.25) is 0 Å². The summed E-state index contributed by atoms with van der Waals surface area (Å²) >= 11 is 0. The molecule has 0 aliphatic carbocycles. The maximum absolute atomic E-state index is 14.2. The number of carboxylic acids is 1. The maximum Gasteiger partial charge on any atom is 0.303 e. The minimum atomic E-state index is -0.976. The van der Waals surface area contributed by atoms with Gasteiger partial charge in [0.1, 0.15) is 0 Å². The molecule has 0 fully saturated rings. The number of carbonyl (C=O) groups is 1. The summed E-state index contributed by atoms with van der Waals surface area (Å²) in [5.74, 6) is -3.07. The number of hydrogen-bond acceptors (Lipinski definition) is 3. The molecule has 0 spiro atoms. The Morgan fingerprint density at radius 2 is 1.88 bits per heavy atom. The first-order chi connectivity index (χ1) is 12.0. The zero-order valence-electron chi connectivity index (χ0n) is 14.0. The van der Waals surface area contributed by atoms with Gasteiger partial charge >= 0.3 is 5.97 Å². The molecule has 6 heteroatoms. The van der Waals surface area contributed by atoms with Crippen LogP contribution < -0.4 is 10.1 Å². The lowest BCUT2D eigenvalue weighted by atomic mass is 10.0. The highest BCUT2D eigenvalue weighted by Gasteiger charge is 2.14. The van der Waals surface area contributed by atoms with E-state index in [-0.39, 0.29) is 19.4 Å². The molecule has 0 heterocycles. The topological polar surface area (TPSA) is 58.6 Å². The monoisotopic (exact) mass is 349 g/mol. The molecule has 0 aliphatic heterocycles. The Bertz CT molecular complexity index is 711. The number of nitrogens with one attached hydrogen (secondary N) is 1. The van der Waals surface area contributed by atoms with E-state index in [2.05, 4.69) is 12.2 Å². The lowest BCUT2D eigenvalue weighted by molar-refractivity contribution is -0.137. The molecule has 2 rings (SSSR count). The van der Waals surface area contributed by atoms with Crippen molar-refractivity contribution in [3.8, 4) is 16.9 Å². The largest absolute Gasteiger partial charge is 0.488 e. The smallest absolute Gasteiger partial charge is 0.303 e. The lowest BCUT2D eigenvalue weighted by Crippen LogP contribution is -2.05. The SMILES string of the molecule is CCCNc1cccc(-c2cc(F)c(OCCCC(=O)O)c(F)c2)c1. The number of carboxylic acid groups (broad SMARTS) is 1. The first kappa shape index (κ1) is 18.7. The van der Waals surface area contributed by atoms with E-state index in [0.29, 0.717) is 11.1 Å². The number of aliphatic carboxylic acids is 1. The first-order valence-electron chi connectivity index (χ1n) is 8.19. The Balaban J connectivity index is 2.14. The molecule has 0 aromatic heterocycles. The fraction of sp³-hybridized carbons (Fsp3) is 0.316. The summed E-state index contributed by atoms with van der Waals surface area (Å²) in [6.45, 7) is 2.81. The van der Waals surface area contributed by atoms with Crippen molar-refractivity contribution in [2.24, 2.45) is 0 Å². The van der Waals surface area contributed by atoms with E-state index in [1.165, 1.54) is 12.1 Å². The summed E-state index contributed by atoms with van der Waals surface area (Å²) in [5, 5.41) is 11.8. The normalized spacial score (nSPS) is 10.5. The van der Waals surface area contributed by atoms with Gasteiger partial charge in [-0.25, -0.2) is 8.78 Å². The summed E-state index contributed by atoms with van der Waals surface area (Å²) in [5.41, 5.74) is 1.98. The van der Waals surface area contributed by atoms with Crippen LogP contribution in [-0.4, -0.2) is 24.2 Å². The van der Waals surface area contributed by atoms with Crippen molar-refractivity contribution in [3.63, 3.8) is 0 Å². The molecule has 2 N–H and O–H groups in total. The molecule has 0 atom stereocenters. The second-order valence-corrected chi connectivity index (χ2v) is 5.62. The third kappa shape index (κ3) is 5.45. The maximum atomic E-state index is 14.2. The van der Waals surface area contributed by atoms with Crippen molar-refractivity contribution in [3.05, 3.63) is 48.0 Å². The molecule has 0 bridgehead atoms. The summed E-state index contributed by atoms with van der Waals surface area (Å²) in [6.07, 6.45) is 1.04. The Hall–Kier alpha value is -2.63. The van der Waals surface area contributed by atoms with Crippen LogP contribution in [0.1, 0.15) is 26.2 Å². The third-order valence-electron chi connectivity index (χ3n) is 3.55. The second-order valence-electron chi connectivity index (χ2n) is 5.62. The molecule has 134 valence electrons. The van der Waals surface area contributed by atoms with E-state index >= 15 is 0 Å². The molecule has 0 aliphatic rings. The Morgan fingerprint density at radius 3 is 2.52 bits per heavy atom. The number of rotatable bonds is 9. The third-order valence-corrected chi connectivity index (χ3v) is 3.55. The molecule has 0 saturated carbocycles. The van der Waals surface area contributed by atoms with E-state index in [1.54, 1.807) is 6.07 Å². The molecule has 2 aromatic rings. The number of hydrogen-bond donors (Lipinski definition) is 2. The average molecular weight is 349 g/mol. The van der Waals surface area contributed by atoms with Gasteiger partial charge in [-0.3, -0.25) is 4.79 Å². The predicted molar refractivity (Wildman–Crippen MR) is 92.9 cm³/mol. The summed E-state index contributed by atoms with van der Waals surface area (Å²) in [6, 6.07) is 9.75. The zero-order valence-corrected chi connectivity index (χ0v) is 14.0. The number of halogens is 2. The average Bonchev–Trinajstić information content (AvgIpc) is 2.58. The van der Waals surface area contributed by atoms with Crippen LogP contribution in [0, 0.1) is 11.6 Å². The van der Waals surface area contributed by atoms with Gasteiger partial charge in [0.05, 0.1) is 6.61 Å². The van der Waals surface area contributed by atoms with E-state index in [0.717, 1.165) is 18.7 Å². The Labute approximate surface area is 145 Å². The molecule has 4 nitrogen and oxygen atoms in total. The minimum Gasteiger partial charge on any atom is -0.488 e. The van der Waals surface area contributed by atoms with Crippen LogP contribution >= 0.6 is 0 Å². The standard InChI is InChI=1S/C19H21F2NO3/c1-2-8-22-15-6-3-5-13(10-15)14-11-16(20)19(17(21)12-14)25-9-4-7-18(23)24/h3,5-6,10-12,22H,2,4,7-9H2,1H3,(H,23,24). The first-order valence-corrected chi connectivity index (χ1v) is 8.19. The minimum absolute atomic E-state index is 0.0596. The van der Waals surface area contributed by atoms with Gasteiger partial charge in [0.15, 0.2) is 17.4 Å². The van der Waals surface area contributed by atoms with Gasteiger partial charge in [-0.05, 0) is 48.2 Å². The lowest BCUT2D eigenvalue weighted by Gasteiger charge is -2.11. The van der Waals surface area contributed by atoms with Gasteiger partial charge in [-0.15, -0.1) is 0 Å². The van der Waals surface area contributed by atoms with E-state index in [9.17, 15) is 13.6 Å².